The molecule has 4 nitrogen and oxygen atoms in total. The fourth-order valence-electron chi connectivity index (χ4n) is 1.04. The fourth-order valence-corrected chi connectivity index (χ4v) is 1.53. The van der Waals surface area contributed by atoms with Crippen molar-refractivity contribution in [3.05, 3.63) is 35.6 Å². The van der Waals surface area contributed by atoms with Gasteiger partial charge < -0.3 is 4.74 Å². The second-order valence-electron chi connectivity index (χ2n) is 2.85. The lowest BCUT2D eigenvalue weighted by atomic mass is 10.4. The molecule has 0 bridgehead atoms. The van der Waals surface area contributed by atoms with Crippen LogP contribution in [0, 0.1) is 0 Å². The van der Waals surface area contributed by atoms with Crippen LogP contribution in [0.15, 0.2) is 35.6 Å². The predicted octanol–water partition coefficient (Wildman–Crippen LogP) is 3.04. The lowest BCUT2D eigenvalue weighted by molar-refractivity contribution is 0.450. The maximum atomic E-state index is 5.78. The van der Waals surface area contributed by atoms with Crippen LogP contribution in [0.25, 0.3) is 0 Å². The minimum Gasteiger partial charge on any atom is -0.436 e. The summed E-state index contributed by atoms with van der Waals surface area (Å²) in [6.45, 7) is 0. The highest BCUT2D eigenvalue weighted by Gasteiger charge is 2.01. The molecule has 0 unspecified atom stereocenters. The van der Waals surface area contributed by atoms with Crippen LogP contribution >= 0.6 is 23.4 Å². The first-order valence-electron chi connectivity index (χ1n) is 4.44. The quantitative estimate of drug-likeness (QED) is 0.787. The summed E-state index contributed by atoms with van der Waals surface area (Å²) in [5.74, 6) is 0.959. The van der Waals surface area contributed by atoms with E-state index >= 15 is 0 Å². The zero-order valence-corrected chi connectivity index (χ0v) is 10.00. The van der Waals surface area contributed by atoms with Gasteiger partial charge in [0.05, 0.1) is 11.2 Å². The highest BCUT2D eigenvalue weighted by atomic mass is 35.5. The number of thioether (sulfide) groups is 1. The van der Waals surface area contributed by atoms with E-state index in [1.54, 1.807) is 18.3 Å². The average molecular weight is 254 g/mol. The number of hydrogen-bond donors (Lipinski definition) is 0. The van der Waals surface area contributed by atoms with Gasteiger partial charge in [-0.2, -0.15) is 0 Å². The molecular formula is C10H8ClN3OS. The number of ether oxygens (including phenoxy) is 1. The molecule has 6 heteroatoms. The van der Waals surface area contributed by atoms with E-state index in [0.717, 1.165) is 5.03 Å². The van der Waals surface area contributed by atoms with E-state index in [-0.39, 0.29) is 0 Å². The third-order valence-electron chi connectivity index (χ3n) is 1.73. The zero-order chi connectivity index (χ0) is 11.4. The Hall–Kier alpha value is -1.33. The molecule has 2 aromatic rings. The number of halogens is 1. The molecule has 0 aliphatic carbocycles. The van der Waals surface area contributed by atoms with Crippen LogP contribution in [-0.2, 0) is 0 Å². The molecule has 2 heterocycles. The molecule has 16 heavy (non-hydrogen) atoms. The van der Waals surface area contributed by atoms with Gasteiger partial charge in [0.1, 0.15) is 10.8 Å². The van der Waals surface area contributed by atoms with E-state index in [1.165, 1.54) is 18.0 Å². The first-order chi connectivity index (χ1) is 7.78. The second-order valence-corrected chi connectivity index (χ2v) is 4.12. The topological polar surface area (TPSA) is 47.9 Å². The lowest BCUT2D eigenvalue weighted by Gasteiger charge is -2.03. The molecule has 0 aromatic carbocycles. The van der Waals surface area contributed by atoms with Gasteiger partial charge in [0.25, 0.3) is 0 Å². The molecule has 0 radical (unpaired) electrons. The number of nitrogens with zero attached hydrogens (tertiary/aromatic N) is 3. The molecule has 2 aromatic heterocycles. The van der Waals surface area contributed by atoms with Crippen LogP contribution in [-0.4, -0.2) is 21.4 Å². The third kappa shape index (κ3) is 2.84. The maximum absolute atomic E-state index is 5.78. The number of rotatable bonds is 3. The summed E-state index contributed by atoms with van der Waals surface area (Å²) in [4.78, 5) is 3.90. The van der Waals surface area contributed by atoms with E-state index in [1.807, 2.05) is 12.3 Å². The molecule has 0 aliphatic heterocycles. The lowest BCUT2D eigenvalue weighted by Crippen LogP contribution is -1.91. The standard InChI is InChI=1S/C10H8ClN3OS/c1-16-10-3-2-9(13-14-10)15-8-4-7(11)5-12-6-8/h2-6H,1H3. The van der Waals surface area contributed by atoms with Gasteiger partial charge in [0.2, 0.25) is 5.88 Å². The van der Waals surface area contributed by atoms with Crippen molar-refractivity contribution >= 4 is 23.4 Å². The summed E-state index contributed by atoms with van der Waals surface area (Å²) in [5.41, 5.74) is 0. The summed E-state index contributed by atoms with van der Waals surface area (Å²) in [7, 11) is 0. The third-order valence-corrected chi connectivity index (χ3v) is 2.57. The largest absolute Gasteiger partial charge is 0.436 e. The fraction of sp³-hybridized carbons (Fsp3) is 0.100. The van der Waals surface area contributed by atoms with Crippen molar-refractivity contribution in [2.75, 3.05) is 6.26 Å². The van der Waals surface area contributed by atoms with Gasteiger partial charge in [0.15, 0.2) is 0 Å². The van der Waals surface area contributed by atoms with Crippen LogP contribution in [0.3, 0.4) is 0 Å². The van der Waals surface area contributed by atoms with Crippen molar-refractivity contribution in [2.45, 2.75) is 5.03 Å². The van der Waals surface area contributed by atoms with Gasteiger partial charge in [-0.3, -0.25) is 4.98 Å². The average Bonchev–Trinajstić information content (AvgIpc) is 2.30. The molecule has 2 rings (SSSR count). The van der Waals surface area contributed by atoms with Crippen LogP contribution in [0.4, 0.5) is 0 Å². The molecule has 82 valence electrons. The van der Waals surface area contributed by atoms with E-state index in [9.17, 15) is 0 Å². The number of pyridine rings is 1. The Morgan fingerprint density at radius 1 is 1.25 bits per heavy atom. The SMILES string of the molecule is CSc1ccc(Oc2cncc(Cl)c2)nn1. The second kappa shape index (κ2) is 5.14. The molecule has 0 atom stereocenters. The highest BCUT2D eigenvalue weighted by Crippen LogP contribution is 2.21. The van der Waals surface area contributed by atoms with Gasteiger partial charge in [-0.05, 0) is 12.3 Å². The minimum absolute atomic E-state index is 0.418. The van der Waals surface area contributed by atoms with Crippen molar-refractivity contribution in [1.82, 2.24) is 15.2 Å². The molecule has 0 fully saturated rings. The minimum atomic E-state index is 0.418. The molecule has 0 saturated carbocycles. The van der Waals surface area contributed by atoms with E-state index in [2.05, 4.69) is 15.2 Å². The molecular weight excluding hydrogens is 246 g/mol. The Kier molecular flexibility index (Phi) is 3.58. The number of hydrogen-bond acceptors (Lipinski definition) is 5. The Bertz CT molecular complexity index is 478. The van der Waals surface area contributed by atoms with Crippen molar-refractivity contribution in [3.63, 3.8) is 0 Å². The van der Waals surface area contributed by atoms with Gasteiger partial charge in [0, 0.05) is 18.3 Å². The van der Waals surface area contributed by atoms with Crippen molar-refractivity contribution < 1.29 is 4.74 Å². The summed E-state index contributed by atoms with van der Waals surface area (Å²) >= 11 is 7.30. The van der Waals surface area contributed by atoms with Gasteiger partial charge in [-0.1, -0.05) is 11.6 Å². The van der Waals surface area contributed by atoms with Crippen LogP contribution in [0.5, 0.6) is 11.6 Å². The molecule has 0 N–H and O–H groups in total. The van der Waals surface area contributed by atoms with E-state index in [4.69, 9.17) is 16.3 Å². The summed E-state index contributed by atoms with van der Waals surface area (Å²) in [6, 6.07) is 5.25. The van der Waals surface area contributed by atoms with Crippen LogP contribution < -0.4 is 4.74 Å². The van der Waals surface area contributed by atoms with Crippen LogP contribution in [0.2, 0.25) is 5.02 Å². The van der Waals surface area contributed by atoms with Gasteiger partial charge in [-0.15, -0.1) is 22.0 Å². The smallest absolute Gasteiger partial charge is 0.238 e. The Morgan fingerprint density at radius 2 is 2.12 bits per heavy atom. The zero-order valence-electron chi connectivity index (χ0n) is 8.42. The van der Waals surface area contributed by atoms with Gasteiger partial charge in [-0.25, -0.2) is 0 Å². The van der Waals surface area contributed by atoms with Crippen molar-refractivity contribution in [2.24, 2.45) is 0 Å². The normalized spacial score (nSPS) is 10.1. The Morgan fingerprint density at radius 3 is 2.75 bits per heavy atom. The monoisotopic (exact) mass is 253 g/mol. The van der Waals surface area contributed by atoms with Crippen LogP contribution in [0.1, 0.15) is 0 Å². The molecule has 0 spiro atoms. The summed E-state index contributed by atoms with van der Waals surface area (Å²) < 4.78 is 5.43. The first kappa shape index (κ1) is 11.2. The summed E-state index contributed by atoms with van der Waals surface area (Å²) in [5, 5.41) is 9.22. The highest BCUT2D eigenvalue weighted by molar-refractivity contribution is 7.98. The van der Waals surface area contributed by atoms with Gasteiger partial charge >= 0.3 is 0 Å². The summed E-state index contributed by atoms with van der Waals surface area (Å²) in [6.07, 6.45) is 5.04. The molecule has 0 aliphatic rings. The van der Waals surface area contributed by atoms with Crippen molar-refractivity contribution in [3.8, 4) is 11.6 Å². The number of aromatic nitrogens is 3. The predicted molar refractivity (Wildman–Crippen MR) is 63.1 cm³/mol. The van der Waals surface area contributed by atoms with E-state index in [0.29, 0.717) is 16.7 Å². The first-order valence-corrected chi connectivity index (χ1v) is 6.04. The Labute approximate surface area is 102 Å². The van der Waals surface area contributed by atoms with Crippen molar-refractivity contribution in [1.29, 1.82) is 0 Å². The molecule has 0 saturated heterocycles. The Balaban J connectivity index is 2.14. The molecule has 0 amide bonds. The van der Waals surface area contributed by atoms with E-state index < -0.39 is 0 Å². The maximum Gasteiger partial charge on any atom is 0.238 e.